The molecular formula is C15H29ClN2O4. The van der Waals surface area contributed by atoms with Crippen molar-refractivity contribution in [3.63, 3.8) is 0 Å². The number of halogens is 1. The minimum Gasteiger partial charge on any atom is -0.444 e. The molecule has 0 heterocycles. The molecule has 7 heteroatoms. The van der Waals surface area contributed by atoms with E-state index in [9.17, 15) is 9.59 Å². The zero-order chi connectivity index (χ0) is 17.5. The molecule has 0 aliphatic heterocycles. The molecule has 0 radical (unpaired) electrons. The van der Waals surface area contributed by atoms with Gasteiger partial charge in [0.15, 0.2) is 5.56 Å². The van der Waals surface area contributed by atoms with Gasteiger partial charge in [-0.1, -0.05) is 25.4 Å². The second kappa shape index (κ2) is 9.08. The maximum Gasteiger partial charge on any atom is 0.411 e. The summed E-state index contributed by atoms with van der Waals surface area (Å²) in [5, 5.41) is 2.61. The highest BCUT2D eigenvalue weighted by molar-refractivity contribution is 6.20. The Morgan fingerprint density at radius 2 is 1.73 bits per heavy atom. The van der Waals surface area contributed by atoms with Crippen LogP contribution >= 0.6 is 11.6 Å². The van der Waals surface area contributed by atoms with Crippen molar-refractivity contribution in [2.24, 2.45) is 5.92 Å². The van der Waals surface area contributed by atoms with Crippen LogP contribution in [0.5, 0.6) is 0 Å². The molecule has 0 spiro atoms. The Balaban J connectivity index is 4.37. The lowest BCUT2D eigenvalue weighted by molar-refractivity contribution is 0.0495. The first-order valence-electron chi connectivity index (χ1n) is 7.52. The van der Waals surface area contributed by atoms with Crippen LogP contribution in [0.4, 0.5) is 9.59 Å². The molecule has 0 bridgehead atoms. The van der Waals surface area contributed by atoms with Gasteiger partial charge >= 0.3 is 12.2 Å². The normalized spacial score (nSPS) is 13.0. The molecule has 1 N–H and O–H groups in total. The molecule has 0 saturated heterocycles. The number of alkyl halides is 1. The van der Waals surface area contributed by atoms with E-state index in [0.29, 0.717) is 6.54 Å². The number of carbonyl (C=O) groups is 2. The van der Waals surface area contributed by atoms with E-state index < -0.39 is 23.4 Å². The van der Waals surface area contributed by atoms with E-state index in [4.69, 9.17) is 21.1 Å². The van der Waals surface area contributed by atoms with Crippen molar-refractivity contribution < 1.29 is 19.1 Å². The third-order valence-electron chi connectivity index (χ3n) is 2.62. The fourth-order valence-corrected chi connectivity index (χ4v) is 1.53. The molecule has 0 saturated carbocycles. The van der Waals surface area contributed by atoms with E-state index in [0.717, 1.165) is 0 Å². The van der Waals surface area contributed by atoms with Crippen LogP contribution in [-0.4, -0.2) is 47.4 Å². The Morgan fingerprint density at radius 1 is 1.18 bits per heavy atom. The second-order valence-electron chi connectivity index (χ2n) is 6.69. The molecule has 130 valence electrons. The molecule has 0 aromatic heterocycles. The highest BCUT2D eigenvalue weighted by Gasteiger charge is 2.23. The summed E-state index contributed by atoms with van der Waals surface area (Å²) in [5.74, 6) is 0.0273. The van der Waals surface area contributed by atoms with Gasteiger partial charge in [0, 0.05) is 25.0 Å². The Bertz CT molecular complexity index is 367. The Hall–Kier alpha value is -1.17. The smallest absolute Gasteiger partial charge is 0.411 e. The molecule has 0 aliphatic carbocycles. The van der Waals surface area contributed by atoms with Crippen LogP contribution in [0.15, 0.2) is 0 Å². The zero-order valence-electron chi connectivity index (χ0n) is 14.6. The van der Waals surface area contributed by atoms with Crippen LogP contribution in [0.3, 0.4) is 0 Å². The maximum absolute atomic E-state index is 12.1. The fraction of sp³-hybridized carbons (Fsp3) is 0.867. The third kappa shape index (κ3) is 8.97. The van der Waals surface area contributed by atoms with E-state index in [1.807, 2.05) is 27.7 Å². The Kier molecular flexibility index (Phi) is 8.60. The number of nitrogens with one attached hydrogen (secondary N) is 1. The molecule has 1 unspecified atom stereocenters. The van der Waals surface area contributed by atoms with E-state index in [-0.39, 0.29) is 18.5 Å². The summed E-state index contributed by atoms with van der Waals surface area (Å²) in [6, 6.07) is -0.0658. The quantitative estimate of drug-likeness (QED) is 0.753. The molecule has 1 atom stereocenters. The van der Waals surface area contributed by atoms with Gasteiger partial charge in [0.2, 0.25) is 0 Å². The SMILES string of the molecule is CC(C)C(Cl)OC(=O)N(CCNC(=O)OC(C)(C)C)C(C)C. The lowest BCUT2D eigenvalue weighted by Gasteiger charge is -2.28. The Labute approximate surface area is 138 Å². The van der Waals surface area contributed by atoms with Gasteiger partial charge < -0.3 is 19.7 Å². The van der Waals surface area contributed by atoms with Crippen LogP contribution in [-0.2, 0) is 9.47 Å². The number of rotatable bonds is 6. The van der Waals surface area contributed by atoms with Crippen LogP contribution in [0.1, 0.15) is 48.5 Å². The van der Waals surface area contributed by atoms with Gasteiger partial charge in [-0.3, -0.25) is 0 Å². The fourth-order valence-electron chi connectivity index (χ4n) is 1.45. The first kappa shape index (κ1) is 20.8. The van der Waals surface area contributed by atoms with Gasteiger partial charge in [0.25, 0.3) is 0 Å². The predicted octanol–water partition coefficient (Wildman–Crippen LogP) is 3.58. The first-order valence-corrected chi connectivity index (χ1v) is 7.96. The summed E-state index contributed by atoms with van der Waals surface area (Å²) in [6.45, 7) is 13.4. The Morgan fingerprint density at radius 3 is 2.14 bits per heavy atom. The average Bonchev–Trinajstić information content (AvgIpc) is 2.31. The van der Waals surface area contributed by atoms with Gasteiger partial charge in [-0.25, -0.2) is 9.59 Å². The van der Waals surface area contributed by atoms with Gasteiger partial charge in [0.1, 0.15) is 5.60 Å². The molecule has 0 aliphatic rings. The van der Waals surface area contributed by atoms with Crippen molar-refractivity contribution >= 4 is 23.8 Å². The summed E-state index contributed by atoms with van der Waals surface area (Å²) in [7, 11) is 0. The van der Waals surface area contributed by atoms with E-state index >= 15 is 0 Å². The van der Waals surface area contributed by atoms with E-state index in [2.05, 4.69) is 5.32 Å². The molecule has 0 aromatic rings. The van der Waals surface area contributed by atoms with Crippen molar-refractivity contribution in [1.82, 2.24) is 10.2 Å². The highest BCUT2D eigenvalue weighted by atomic mass is 35.5. The number of hydrogen-bond donors (Lipinski definition) is 1. The largest absolute Gasteiger partial charge is 0.444 e. The average molecular weight is 337 g/mol. The van der Waals surface area contributed by atoms with Crippen molar-refractivity contribution in [2.75, 3.05) is 13.1 Å². The number of carbonyl (C=O) groups excluding carboxylic acids is 2. The van der Waals surface area contributed by atoms with Gasteiger partial charge in [-0.05, 0) is 34.6 Å². The molecule has 0 rings (SSSR count). The van der Waals surface area contributed by atoms with Crippen LogP contribution in [0.2, 0.25) is 0 Å². The molecule has 0 aromatic carbocycles. The molecule has 0 fully saturated rings. The van der Waals surface area contributed by atoms with Crippen molar-refractivity contribution in [2.45, 2.75) is 65.7 Å². The summed E-state index contributed by atoms with van der Waals surface area (Å²) in [6.07, 6.45) is -1.00. The maximum atomic E-state index is 12.1. The van der Waals surface area contributed by atoms with Gasteiger partial charge in [-0.2, -0.15) is 0 Å². The molecule has 22 heavy (non-hydrogen) atoms. The summed E-state index contributed by atoms with van der Waals surface area (Å²) >= 11 is 5.96. The van der Waals surface area contributed by atoms with Crippen molar-refractivity contribution in [3.05, 3.63) is 0 Å². The summed E-state index contributed by atoms with van der Waals surface area (Å²) in [4.78, 5) is 25.1. The number of ether oxygens (including phenoxy) is 2. The van der Waals surface area contributed by atoms with Gasteiger partial charge in [0.05, 0.1) is 0 Å². The summed E-state index contributed by atoms with van der Waals surface area (Å²) < 4.78 is 10.3. The van der Waals surface area contributed by atoms with Crippen LogP contribution in [0, 0.1) is 5.92 Å². The van der Waals surface area contributed by atoms with Gasteiger partial charge in [-0.15, -0.1) is 0 Å². The predicted molar refractivity (Wildman–Crippen MR) is 87.0 cm³/mol. The second-order valence-corrected chi connectivity index (χ2v) is 7.12. The lowest BCUT2D eigenvalue weighted by Crippen LogP contribution is -2.44. The number of amides is 2. The van der Waals surface area contributed by atoms with Crippen molar-refractivity contribution in [1.29, 1.82) is 0 Å². The van der Waals surface area contributed by atoms with Crippen molar-refractivity contribution in [3.8, 4) is 0 Å². The van der Waals surface area contributed by atoms with Crippen LogP contribution < -0.4 is 5.32 Å². The van der Waals surface area contributed by atoms with E-state index in [1.54, 1.807) is 20.8 Å². The lowest BCUT2D eigenvalue weighted by atomic mass is 10.2. The minimum atomic E-state index is -0.674. The zero-order valence-corrected chi connectivity index (χ0v) is 15.4. The van der Waals surface area contributed by atoms with E-state index in [1.165, 1.54) is 4.90 Å². The molecular weight excluding hydrogens is 308 g/mol. The first-order chi connectivity index (χ1) is 9.94. The standard InChI is InChI=1S/C15H29ClN2O4/c1-10(2)12(16)21-14(20)18(11(3)4)9-8-17-13(19)22-15(5,6)7/h10-12H,8-9H2,1-7H3,(H,17,19). The highest BCUT2D eigenvalue weighted by Crippen LogP contribution is 2.13. The van der Waals surface area contributed by atoms with Crippen LogP contribution in [0.25, 0.3) is 0 Å². The number of hydrogen-bond acceptors (Lipinski definition) is 4. The third-order valence-corrected chi connectivity index (χ3v) is 3.21. The molecule has 6 nitrogen and oxygen atoms in total. The minimum absolute atomic E-state index is 0.0273. The summed E-state index contributed by atoms with van der Waals surface area (Å²) in [5.41, 5.74) is -1.23. The number of alkyl carbamates (subject to hydrolysis) is 1. The molecule has 2 amide bonds. The number of nitrogens with zero attached hydrogens (tertiary/aromatic N) is 1. The topological polar surface area (TPSA) is 67.9 Å². The monoisotopic (exact) mass is 336 g/mol.